The molecule has 0 fully saturated rings. The molecule has 0 aliphatic heterocycles. The lowest BCUT2D eigenvalue weighted by Crippen LogP contribution is -2.00. The molecule has 12 aromatic carbocycles. The zero-order valence-electron chi connectivity index (χ0n) is 41.5. The minimum absolute atomic E-state index is 0.564. The first kappa shape index (κ1) is 43.0. The van der Waals surface area contributed by atoms with Gasteiger partial charge in [0.1, 0.15) is 11.2 Å². The van der Waals surface area contributed by atoms with Gasteiger partial charge in [-0.1, -0.05) is 182 Å². The summed E-state index contributed by atoms with van der Waals surface area (Å²) in [5, 5.41) is 11.4. The summed E-state index contributed by atoms with van der Waals surface area (Å²) in [4.78, 5) is 15.9. The van der Waals surface area contributed by atoms with Crippen molar-refractivity contribution in [3.8, 4) is 67.8 Å². The Balaban J connectivity index is 0.924. The number of aromatic nitrogens is 5. The van der Waals surface area contributed by atoms with E-state index < -0.39 is 0 Å². The highest BCUT2D eigenvalue weighted by Crippen LogP contribution is 2.45. The van der Waals surface area contributed by atoms with Gasteiger partial charge in [0.05, 0.1) is 27.8 Å². The van der Waals surface area contributed by atoms with Gasteiger partial charge >= 0.3 is 0 Å². The molecule has 0 radical (unpaired) electrons. The normalized spacial score (nSPS) is 11.9. The second-order valence-electron chi connectivity index (χ2n) is 19.9. The van der Waals surface area contributed by atoms with Crippen LogP contribution in [0.15, 0.2) is 265 Å². The lowest BCUT2D eigenvalue weighted by atomic mass is 9.95. The number of hydrogen-bond acceptors (Lipinski definition) is 4. The van der Waals surface area contributed by atoms with Gasteiger partial charge in [0.2, 0.25) is 0 Å². The molecule has 16 aromatic rings. The first-order valence-electron chi connectivity index (χ1n) is 26.1. The first-order valence-corrected chi connectivity index (χ1v) is 26.1. The van der Waals surface area contributed by atoms with Gasteiger partial charge in [-0.3, -0.25) is 0 Å². The van der Waals surface area contributed by atoms with Crippen molar-refractivity contribution in [2.24, 2.45) is 0 Å². The van der Waals surface area contributed by atoms with E-state index in [0.717, 1.165) is 99.5 Å². The number of nitrogens with zero attached hydrogens (tertiary/aromatic N) is 5. The van der Waals surface area contributed by atoms with Gasteiger partial charge < -0.3 is 13.6 Å². The van der Waals surface area contributed by atoms with Crippen molar-refractivity contribution in [3.63, 3.8) is 0 Å². The zero-order valence-corrected chi connectivity index (χ0v) is 41.5. The van der Waals surface area contributed by atoms with Crippen LogP contribution in [0, 0.1) is 0 Å². The highest BCUT2D eigenvalue weighted by molar-refractivity contribution is 6.17. The molecule has 16 rings (SSSR count). The lowest BCUT2D eigenvalue weighted by Gasteiger charge is -2.16. The van der Waals surface area contributed by atoms with Crippen LogP contribution in [0.4, 0.5) is 0 Å². The summed E-state index contributed by atoms with van der Waals surface area (Å²) < 4.78 is 11.8. The van der Waals surface area contributed by atoms with E-state index >= 15 is 0 Å². The van der Waals surface area contributed by atoms with Crippen molar-refractivity contribution >= 4 is 87.1 Å². The molecule has 0 spiro atoms. The summed E-state index contributed by atoms with van der Waals surface area (Å²) in [5.41, 5.74) is 15.3. The van der Waals surface area contributed by atoms with Gasteiger partial charge in [0.15, 0.2) is 17.5 Å². The Labute approximate surface area is 442 Å². The zero-order chi connectivity index (χ0) is 50.6. The third-order valence-corrected chi connectivity index (χ3v) is 15.5. The van der Waals surface area contributed by atoms with Crippen LogP contribution >= 0.6 is 0 Å². The van der Waals surface area contributed by atoms with Crippen LogP contribution < -0.4 is 0 Å². The third-order valence-electron chi connectivity index (χ3n) is 15.5. The van der Waals surface area contributed by atoms with E-state index in [0.29, 0.717) is 17.5 Å². The smallest absolute Gasteiger partial charge is 0.164 e. The fourth-order valence-electron chi connectivity index (χ4n) is 11.9. The standard InChI is InChI=1S/C71H43N5O/c1-3-17-47(18-4-1)69-72-70(52-36-37-63-58(40-52)54-24-11-13-27-61(54)75(63)53-22-5-2-6-23-53)74-71(73-69)56-26-15-29-66-68(56)60-42-57(46-33-30-45(31-34-46)51-35-32-44-16-7-8-19-48(44)38-51)65(43-67(60)77-66)76-62-28-14-12-25-55(62)59-39-49-20-9-10-21-50(49)41-64(59)76/h1-43H. The summed E-state index contributed by atoms with van der Waals surface area (Å²) >= 11 is 0. The Morgan fingerprint density at radius 1 is 0.273 bits per heavy atom. The molecular formula is C71H43N5O. The molecule has 6 nitrogen and oxygen atoms in total. The molecule has 6 heteroatoms. The van der Waals surface area contributed by atoms with Crippen molar-refractivity contribution in [1.82, 2.24) is 24.1 Å². The number of furan rings is 1. The number of fused-ring (bicyclic) bond motifs is 11. The van der Waals surface area contributed by atoms with E-state index in [1.807, 2.05) is 24.3 Å². The highest BCUT2D eigenvalue weighted by atomic mass is 16.3. The lowest BCUT2D eigenvalue weighted by molar-refractivity contribution is 0.668. The molecule has 0 unspecified atom stereocenters. The van der Waals surface area contributed by atoms with Gasteiger partial charge in [-0.25, -0.2) is 15.0 Å². The Bertz CT molecular complexity index is 5030. The summed E-state index contributed by atoms with van der Waals surface area (Å²) in [6.45, 7) is 0. The molecule has 0 amide bonds. The molecule has 358 valence electrons. The fourth-order valence-corrected chi connectivity index (χ4v) is 11.9. The Hall–Kier alpha value is -10.4. The predicted octanol–water partition coefficient (Wildman–Crippen LogP) is 18.6. The number of rotatable bonds is 7. The minimum atomic E-state index is 0.564. The van der Waals surface area contributed by atoms with Crippen LogP contribution in [0.3, 0.4) is 0 Å². The largest absolute Gasteiger partial charge is 0.456 e. The first-order chi connectivity index (χ1) is 38.1. The van der Waals surface area contributed by atoms with Crippen molar-refractivity contribution in [2.75, 3.05) is 0 Å². The molecule has 0 saturated heterocycles. The van der Waals surface area contributed by atoms with E-state index in [1.165, 1.54) is 37.9 Å². The SMILES string of the molecule is c1ccc(-c2nc(-c3ccc4c(c3)c3ccccc3n4-c3ccccc3)nc(-c3cccc4oc5cc(-n6c7ccccc7c7cc8ccccc8cc76)c(-c6ccc(-c7ccc8ccccc8c7)cc6)cc5c34)n2)cc1. The van der Waals surface area contributed by atoms with Crippen molar-refractivity contribution in [1.29, 1.82) is 0 Å². The molecule has 0 aliphatic carbocycles. The fraction of sp³-hybridized carbons (Fsp3) is 0. The molecule has 0 atom stereocenters. The number of hydrogen-bond donors (Lipinski definition) is 0. The molecule has 0 saturated carbocycles. The Kier molecular flexibility index (Phi) is 9.53. The van der Waals surface area contributed by atoms with Crippen molar-refractivity contribution < 1.29 is 4.42 Å². The maximum Gasteiger partial charge on any atom is 0.164 e. The van der Waals surface area contributed by atoms with E-state index in [1.54, 1.807) is 0 Å². The van der Waals surface area contributed by atoms with E-state index in [4.69, 9.17) is 19.4 Å². The molecule has 77 heavy (non-hydrogen) atoms. The van der Waals surface area contributed by atoms with Crippen LogP contribution in [0.5, 0.6) is 0 Å². The number of para-hydroxylation sites is 3. The van der Waals surface area contributed by atoms with Gasteiger partial charge in [0.25, 0.3) is 0 Å². The van der Waals surface area contributed by atoms with E-state index in [2.05, 4.69) is 246 Å². The van der Waals surface area contributed by atoms with Gasteiger partial charge in [-0.15, -0.1) is 0 Å². The van der Waals surface area contributed by atoms with Crippen LogP contribution in [-0.4, -0.2) is 24.1 Å². The van der Waals surface area contributed by atoms with Gasteiger partial charge in [-0.05, 0) is 111 Å². The van der Waals surface area contributed by atoms with Gasteiger partial charge in [0, 0.05) is 66.3 Å². The van der Waals surface area contributed by atoms with Crippen LogP contribution in [0.1, 0.15) is 0 Å². The van der Waals surface area contributed by atoms with Crippen LogP contribution in [0.25, 0.3) is 155 Å². The number of benzene rings is 12. The molecule has 4 aromatic heterocycles. The molecule has 4 heterocycles. The highest BCUT2D eigenvalue weighted by Gasteiger charge is 2.24. The van der Waals surface area contributed by atoms with Crippen LogP contribution in [0.2, 0.25) is 0 Å². The maximum atomic E-state index is 7.02. The molecule has 0 N–H and O–H groups in total. The summed E-state index contributed by atoms with van der Waals surface area (Å²) in [6.07, 6.45) is 0. The minimum Gasteiger partial charge on any atom is -0.456 e. The summed E-state index contributed by atoms with van der Waals surface area (Å²) in [6, 6.07) is 93.0. The van der Waals surface area contributed by atoms with Crippen molar-refractivity contribution in [2.45, 2.75) is 0 Å². The monoisotopic (exact) mass is 981 g/mol. The van der Waals surface area contributed by atoms with Gasteiger partial charge in [-0.2, -0.15) is 0 Å². The topological polar surface area (TPSA) is 61.7 Å². The second-order valence-corrected chi connectivity index (χ2v) is 19.9. The van der Waals surface area contributed by atoms with Crippen molar-refractivity contribution in [3.05, 3.63) is 261 Å². The summed E-state index contributed by atoms with van der Waals surface area (Å²) in [7, 11) is 0. The predicted molar refractivity (Wildman–Crippen MR) is 318 cm³/mol. The average molecular weight is 982 g/mol. The average Bonchev–Trinajstić information content (AvgIpc) is 4.38. The summed E-state index contributed by atoms with van der Waals surface area (Å²) in [5.74, 6) is 1.75. The molecule has 0 bridgehead atoms. The second kappa shape index (κ2) is 17.1. The Morgan fingerprint density at radius 3 is 1.61 bits per heavy atom. The Morgan fingerprint density at radius 2 is 0.844 bits per heavy atom. The quantitative estimate of drug-likeness (QED) is 0.160. The molecular weight excluding hydrogens is 939 g/mol. The van der Waals surface area contributed by atoms with E-state index in [-0.39, 0.29) is 0 Å². The third kappa shape index (κ3) is 6.93. The molecule has 0 aliphatic rings. The maximum absolute atomic E-state index is 7.02. The van der Waals surface area contributed by atoms with Crippen LogP contribution in [-0.2, 0) is 0 Å². The van der Waals surface area contributed by atoms with E-state index in [9.17, 15) is 0 Å².